The molecule has 0 aliphatic rings. The van der Waals surface area contributed by atoms with E-state index in [4.69, 9.17) is 5.73 Å². The Morgan fingerprint density at radius 3 is 2.67 bits per heavy atom. The number of nitrogens with two attached hydrogens (primary N) is 1. The van der Waals surface area contributed by atoms with E-state index in [1.807, 2.05) is 6.92 Å². The second-order valence-corrected chi connectivity index (χ2v) is 2.10. The molecule has 52 valence electrons. The van der Waals surface area contributed by atoms with E-state index in [2.05, 4.69) is 17.5 Å². The van der Waals surface area contributed by atoms with Crippen LogP contribution in [-0.2, 0) is 4.79 Å². The van der Waals surface area contributed by atoms with Gasteiger partial charge in [0.25, 0.3) is 0 Å². The monoisotopic (exact) mass is 146 g/mol. The number of rotatable bonds is 2. The number of carbonyl (C=O) groups is 1. The van der Waals surface area contributed by atoms with Crippen molar-refractivity contribution in [1.29, 1.82) is 0 Å². The van der Waals surface area contributed by atoms with Crippen molar-refractivity contribution < 1.29 is 4.79 Å². The third-order valence-electron chi connectivity index (χ3n) is 0.740. The van der Waals surface area contributed by atoms with Crippen molar-refractivity contribution in [2.45, 2.75) is 19.8 Å². The van der Waals surface area contributed by atoms with Crippen LogP contribution in [0.5, 0.6) is 0 Å². The molecule has 0 bridgehead atoms. The van der Waals surface area contributed by atoms with Crippen LogP contribution in [0.15, 0.2) is 0 Å². The smallest absolute Gasteiger partial charge is 0.226 e. The van der Waals surface area contributed by atoms with Gasteiger partial charge >= 0.3 is 0 Å². The third kappa shape index (κ3) is 5.23. The summed E-state index contributed by atoms with van der Waals surface area (Å²) >= 11 is 4.43. The highest BCUT2D eigenvalue weighted by atomic mass is 32.1. The molecule has 0 radical (unpaired) electrons. The number of carbonyl (C=O) groups excluding carboxylic acids is 1. The van der Waals surface area contributed by atoms with Gasteiger partial charge in [-0.1, -0.05) is 6.92 Å². The van der Waals surface area contributed by atoms with Crippen LogP contribution in [0.1, 0.15) is 19.8 Å². The first-order valence-corrected chi connectivity index (χ1v) is 3.17. The summed E-state index contributed by atoms with van der Waals surface area (Å²) in [5.41, 5.74) is 5.02. The molecule has 3 nitrogen and oxygen atoms in total. The molecule has 0 unspecified atom stereocenters. The van der Waals surface area contributed by atoms with E-state index in [0.717, 1.165) is 6.42 Å². The van der Waals surface area contributed by atoms with Crippen molar-refractivity contribution in [3.8, 4) is 0 Å². The molecule has 4 heteroatoms. The highest BCUT2D eigenvalue weighted by Gasteiger charge is 1.97. The number of nitrogens with one attached hydrogen (secondary N) is 1. The lowest BCUT2D eigenvalue weighted by molar-refractivity contribution is -0.119. The van der Waals surface area contributed by atoms with Gasteiger partial charge < -0.3 is 11.1 Å². The molecule has 0 heterocycles. The van der Waals surface area contributed by atoms with Crippen molar-refractivity contribution in [2.75, 3.05) is 0 Å². The Morgan fingerprint density at radius 2 is 2.33 bits per heavy atom. The Labute approximate surface area is 59.6 Å². The molecule has 0 aromatic rings. The normalized spacial score (nSPS) is 8.56. The second-order valence-electron chi connectivity index (χ2n) is 1.66. The van der Waals surface area contributed by atoms with E-state index in [1.54, 1.807) is 0 Å². The van der Waals surface area contributed by atoms with Gasteiger partial charge in [-0.25, -0.2) is 0 Å². The Hall–Kier alpha value is -0.640. The van der Waals surface area contributed by atoms with Gasteiger partial charge in [0.1, 0.15) is 0 Å². The van der Waals surface area contributed by atoms with E-state index in [1.165, 1.54) is 0 Å². The molecule has 9 heavy (non-hydrogen) atoms. The molecule has 0 spiro atoms. The highest BCUT2D eigenvalue weighted by Crippen LogP contribution is 1.83. The zero-order valence-electron chi connectivity index (χ0n) is 5.31. The maximum atomic E-state index is 10.6. The van der Waals surface area contributed by atoms with Crippen molar-refractivity contribution in [1.82, 2.24) is 5.32 Å². The number of hydrogen-bond acceptors (Lipinski definition) is 2. The average Bonchev–Trinajstić information content (AvgIpc) is 1.63. The van der Waals surface area contributed by atoms with Crippen molar-refractivity contribution in [3.63, 3.8) is 0 Å². The summed E-state index contributed by atoms with van der Waals surface area (Å²) in [5.74, 6) is -0.106. The van der Waals surface area contributed by atoms with Gasteiger partial charge in [-0.15, -0.1) is 0 Å². The second kappa shape index (κ2) is 4.26. The molecule has 1 amide bonds. The lowest BCUT2D eigenvalue weighted by atomic mass is 10.3. The molecule has 0 aliphatic heterocycles. The summed E-state index contributed by atoms with van der Waals surface area (Å²) < 4.78 is 0. The van der Waals surface area contributed by atoms with Gasteiger partial charge in [0.2, 0.25) is 5.91 Å². The molecule has 0 aromatic heterocycles. The maximum Gasteiger partial charge on any atom is 0.226 e. The summed E-state index contributed by atoms with van der Waals surface area (Å²) in [5, 5.41) is 2.36. The lowest BCUT2D eigenvalue weighted by Gasteiger charge is -1.98. The van der Waals surface area contributed by atoms with E-state index < -0.39 is 0 Å². The predicted octanol–water partition coefficient (Wildman–Crippen LogP) is 0.146. The standard InChI is InChI=1S/C5H10N2OS/c1-2-3-4(8)7-5(6)9/h2-3H2,1H3,(H3,6,7,8,9). The molecular formula is C5H10N2OS. The van der Waals surface area contributed by atoms with Crippen LogP contribution in [0, 0.1) is 0 Å². The SMILES string of the molecule is CCCC(=O)NC(N)=S. The molecule has 0 fully saturated rings. The van der Waals surface area contributed by atoms with Crippen LogP contribution < -0.4 is 11.1 Å². The van der Waals surface area contributed by atoms with Crippen LogP contribution in [0.25, 0.3) is 0 Å². The van der Waals surface area contributed by atoms with Gasteiger partial charge in [-0.3, -0.25) is 4.79 Å². The topological polar surface area (TPSA) is 55.1 Å². The van der Waals surface area contributed by atoms with Gasteiger partial charge in [0.05, 0.1) is 0 Å². The number of thiocarbonyl (C=S) groups is 1. The molecule has 3 N–H and O–H groups in total. The Balaban J connectivity index is 3.39. The van der Waals surface area contributed by atoms with Crippen LogP contribution in [0.4, 0.5) is 0 Å². The zero-order valence-corrected chi connectivity index (χ0v) is 6.12. The minimum Gasteiger partial charge on any atom is -0.376 e. The van der Waals surface area contributed by atoms with Crippen molar-refractivity contribution in [3.05, 3.63) is 0 Å². The van der Waals surface area contributed by atoms with Gasteiger partial charge in [-0.05, 0) is 18.6 Å². The molecule has 0 rings (SSSR count). The van der Waals surface area contributed by atoms with Crippen molar-refractivity contribution >= 4 is 23.2 Å². The summed E-state index contributed by atoms with van der Waals surface area (Å²) in [6, 6.07) is 0. The first-order valence-electron chi connectivity index (χ1n) is 2.76. The van der Waals surface area contributed by atoms with Crippen molar-refractivity contribution in [2.24, 2.45) is 5.73 Å². The Bertz CT molecular complexity index is 124. The quantitative estimate of drug-likeness (QED) is 0.545. The molecule has 0 aliphatic carbocycles. The first kappa shape index (κ1) is 8.36. The van der Waals surface area contributed by atoms with E-state index >= 15 is 0 Å². The minimum atomic E-state index is -0.106. The van der Waals surface area contributed by atoms with Gasteiger partial charge in [0, 0.05) is 6.42 Å². The maximum absolute atomic E-state index is 10.6. The first-order chi connectivity index (χ1) is 4.16. The van der Waals surface area contributed by atoms with Crippen LogP contribution in [0.3, 0.4) is 0 Å². The average molecular weight is 146 g/mol. The number of amides is 1. The Morgan fingerprint density at radius 1 is 1.78 bits per heavy atom. The predicted molar refractivity (Wildman–Crippen MR) is 39.8 cm³/mol. The molecule has 0 atom stereocenters. The van der Waals surface area contributed by atoms with Crippen LogP contribution in [-0.4, -0.2) is 11.0 Å². The summed E-state index contributed by atoms with van der Waals surface area (Å²) in [4.78, 5) is 10.6. The minimum absolute atomic E-state index is 0.0495. The summed E-state index contributed by atoms with van der Waals surface area (Å²) in [7, 11) is 0. The fraction of sp³-hybridized carbons (Fsp3) is 0.600. The largest absolute Gasteiger partial charge is 0.376 e. The summed E-state index contributed by atoms with van der Waals surface area (Å²) in [6.45, 7) is 1.92. The molecular weight excluding hydrogens is 136 g/mol. The molecule has 0 saturated heterocycles. The number of hydrogen-bond donors (Lipinski definition) is 2. The van der Waals surface area contributed by atoms with E-state index in [-0.39, 0.29) is 11.0 Å². The van der Waals surface area contributed by atoms with Gasteiger partial charge in [-0.2, -0.15) is 0 Å². The van der Waals surface area contributed by atoms with Crippen LogP contribution in [0.2, 0.25) is 0 Å². The van der Waals surface area contributed by atoms with Gasteiger partial charge in [0.15, 0.2) is 5.11 Å². The highest BCUT2D eigenvalue weighted by molar-refractivity contribution is 7.80. The lowest BCUT2D eigenvalue weighted by Crippen LogP contribution is -2.34. The fourth-order valence-electron chi connectivity index (χ4n) is 0.427. The Kier molecular flexibility index (Phi) is 3.96. The molecule has 0 aromatic carbocycles. The third-order valence-corrected chi connectivity index (χ3v) is 0.842. The summed E-state index contributed by atoms with van der Waals surface area (Å²) in [6.07, 6.45) is 1.30. The zero-order chi connectivity index (χ0) is 7.28. The van der Waals surface area contributed by atoms with E-state index in [9.17, 15) is 4.79 Å². The van der Waals surface area contributed by atoms with Crippen LogP contribution >= 0.6 is 12.2 Å². The fourth-order valence-corrected chi connectivity index (χ4v) is 0.541. The molecule has 0 saturated carbocycles. The van der Waals surface area contributed by atoms with E-state index in [0.29, 0.717) is 6.42 Å².